The lowest BCUT2D eigenvalue weighted by Gasteiger charge is -2.24. The van der Waals surface area contributed by atoms with E-state index in [2.05, 4.69) is 16.5 Å². The topological polar surface area (TPSA) is 44.9 Å². The molecule has 1 saturated carbocycles. The molecule has 0 amide bonds. The van der Waals surface area contributed by atoms with Gasteiger partial charge in [0.2, 0.25) is 0 Å². The lowest BCUT2D eigenvalue weighted by Crippen LogP contribution is -2.28. The zero-order valence-corrected chi connectivity index (χ0v) is 14.8. The van der Waals surface area contributed by atoms with Crippen molar-refractivity contribution in [2.24, 2.45) is 0 Å². The number of nitrogens with one attached hydrogen (secondary N) is 1. The second-order valence-electron chi connectivity index (χ2n) is 7.17. The second kappa shape index (κ2) is 6.36. The van der Waals surface area contributed by atoms with Gasteiger partial charge in [-0.25, -0.2) is 4.98 Å². The van der Waals surface area contributed by atoms with E-state index in [0.717, 1.165) is 29.7 Å². The van der Waals surface area contributed by atoms with Gasteiger partial charge in [0.15, 0.2) is 0 Å². The Morgan fingerprint density at radius 1 is 1.17 bits per heavy atom. The zero-order chi connectivity index (χ0) is 15.8. The molecule has 2 aromatic rings. The van der Waals surface area contributed by atoms with Gasteiger partial charge in [-0.15, -0.1) is 11.3 Å². The summed E-state index contributed by atoms with van der Waals surface area (Å²) >= 11 is 1.79. The summed E-state index contributed by atoms with van der Waals surface area (Å²) < 4.78 is 2.18. The standard InChI is InChI=1S/C18H26N4S/c1-21-10-9-14-15(11-21)23-18-16(14)17(19)22(12-20-18)13-7-5-3-2-4-6-8-13/h12-13,19H,2-11H2,1H3. The first kappa shape index (κ1) is 15.3. The average molecular weight is 331 g/mol. The molecule has 1 aliphatic carbocycles. The Kier molecular flexibility index (Phi) is 4.24. The molecule has 2 aliphatic rings. The molecule has 0 atom stereocenters. The van der Waals surface area contributed by atoms with Crippen molar-refractivity contribution in [1.29, 1.82) is 5.41 Å². The van der Waals surface area contributed by atoms with Crippen LogP contribution in [-0.4, -0.2) is 28.0 Å². The van der Waals surface area contributed by atoms with E-state index < -0.39 is 0 Å². The fraction of sp³-hybridized carbons (Fsp3) is 0.667. The maximum atomic E-state index is 8.82. The quantitative estimate of drug-likeness (QED) is 0.863. The number of fused-ring (bicyclic) bond motifs is 3. The maximum absolute atomic E-state index is 8.82. The summed E-state index contributed by atoms with van der Waals surface area (Å²) in [6, 6.07) is 0.474. The predicted octanol–water partition coefficient (Wildman–Crippen LogP) is 3.85. The third-order valence-corrected chi connectivity index (χ3v) is 6.62. The van der Waals surface area contributed by atoms with Crippen LogP contribution in [0, 0.1) is 5.41 Å². The predicted molar refractivity (Wildman–Crippen MR) is 94.9 cm³/mol. The summed E-state index contributed by atoms with van der Waals surface area (Å²) in [6.07, 6.45) is 12.1. The van der Waals surface area contributed by atoms with E-state index in [0.29, 0.717) is 11.5 Å². The van der Waals surface area contributed by atoms with Crippen LogP contribution in [0.25, 0.3) is 10.2 Å². The van der Waals surface area contributed by atoms with Crippen molar-refractivity contribution < 1.29 is 0 Å². The largest absolute Gasteiger partial charge is 0.314 e. The normalized spacial score (nSPS) is 21.1. The van der Waals surface area contributed by atoms with Gasteiger partial charge in [0.1, 0.15) is 10.3 Å². The summed E-state index contributed by atoms with van der Waals surface area (Å²) in [6.45, 7) is 2.11. The third kappa shape index (κ3) is 2.85. The smallest absolute Gasteiger partial charge is 0.136 e. The van der Waals surface area contributed by atoms with Crippen LogP contribution in [0.4, 0.5) is 0 Å². The van der Waals surface area contributed by atoms with E-state index in [9.17, 15) is 0 Å². The third-order valence-electron chi connectivity index (χ3n) is 5.49. The molecule has 1 N–H and O–H groups in total. The molecule has 4 nitrogen and oxygen atoms in total. The lowest BCUT2D eigenvalue weighted by molar-refractivity contribution is 0.317. The van der Waals surface area contributed by atoms with Crippen LogP contribution in [0.3, 0.4) is 0 Å². The van der Waals surface area contributed by atoms with E-state index in [-0.39, 0.29) is 0 Å². The van der Waals surface area contributed by atoms with Crippen LogP contribution in [0.2, 0.25) is 0 Å². The Labute approximate surface area is 141 Å². The fourth-order valence-electron chi connectivity index (χ4n) is 4.14. The molecule has 2 aromatic heterocycles. The van der Waals surface area contributed by atoms with Gasteiger partial charge in [-0.3, -0.25) is 5.41 Å². The van der Waals surface area contributed by atoms with Gasteiger partial charge >= 0.3 is 0 Å². The second-order valence-corrected chi connectivity index (χ2v) is 8.25. The highest BCUT2D eigenvalue weighted by Gasteiger charge is 2.22. The van der Waals surface area contributed by atoms with Crippen molar-refractivity contribution in [3.8, 4) is 0 Å². The minimum absolute atomic E-state index is 0.474. The Morgan fingerprint density at radius 3 is 2.70 bits per heavy atom. The van der Waals surface area contributed by atoms with Crippen molar-refractivity contribution in [3.63, 3.8) is 0 Å². The van der Waals surface area contributed by atoms with Crippen LogP contribution in [0.5, 0.6) is 0 Å². The van der Waals surface area contributed by atoms with Crippen LogP contribution in [0.1, 0.15) is 61.4 Å². The summed E-state index contributed by atoms with van der Waals surface area (Å²) in [5, 5.41) is 9.97. The molecule has 0 aromatic carbocycles. The lowest BCUT2D eigenvalue weighted by atomic mass is 9.96. The van der Waals surface area contributed by atoms with E-state index >= 15 is 0 Å². The zero-order valence-electron chi connectivity index (χ0n) is 14.0. The number of thiophene rings is 1. The molecule has 23 heavy (non-hydrogen) atoms. The first-order valence-electron chi connectivity index (χ1n) is 8.98. The number of hydrogen-bond donors (Lipinski definition) is 1. The highest BCUT2D eigenvalue weighted by molar-refractivity contribution is 7.18. The first-order chi connectivity index (χ1) is 11.2. The van der Waals surface area contributed by atoms with E-state index in [1.165, 1.54) is 55.4 Å². The Morgan fingerprint density at radius 2 is 1.91 bits per heavy atom. The molecule has 1 aliphatic heterocycles. The van der Waals surface area contributed by atoms with E-state index in [4.69, 9.17) is 10.4 Å². The molecule has 4 rings (SSSR count). The molecule has 0 bridgehead atoms. The Balaban J connectivity index is 1.76. The number of hydrogen-bond acceptors (Lipinski definition) is 4. The SMILES string of the molecule is CN1CCc2c(sc3ncn(C4CCCCCCC4)c(=N)c23)C1. The van der Waals surface area contributed by atoms with Gasteiger partial charge in [0, 0.05) is 24.0 Å². The minimum Gasteiger partial charge on any atom is -0.314 e. The minimum atomic E-state index is 0.474. The summed E-state index contributed by atoms with van der Waals surface area (Å²) in [7, 11) is 2.18. The van der Waals surface area contributed by atoms with E-state index in [1.54, 1.807) is 11.3 Å². The molecule has 0 saturated heterocycles. The summed E-state index contributed by atoms with van der Waals surface area (Å²) in [5.41, 5.74) is 2.11. The molecular weight excluding hydrogens is 304 g/mol. The van der Waals surface area contributed by atoms with Crippen molar-refractivity contribution in [2.75, 3.05) is 13.6 Å². The molecule has 124 valence electrons. The highest BCUT2D eigenvalue weighted by Crippen LogP contribution is 2.32. The Hall–Kier alpha value is -1.20. The first-order valence-corrected chi connectivity index (χ1v) is 9.80. The van der Waals surface area contributed by atoms with Gasteiger partial charge < -0.3 is 9.47 Å². The van der Waals surface area contributed by atoms with Crippen LogP contribution in [0.15, 0.2) is 6.33 Å². The summed E-state index contributed by atoms with van der Waals surface area (Å²) in [5.74, 6) is 0. The van der Waals surface area contributed by atoms with Gasteiger partial charge in [0.25, 0.3) is 0 Å². The fourth-order valence-corrected chi connectivity index (χ4v) is 5.41. The molecule has 1 fully saturated rings. The molecule has 0 unspecified atom stereocenters. The van der Waals surface area contributed by atoms with Gasteiger partial charge in [-0.1, -0.05) is 32.1 Å². The number of rotatable bonds is 1. The van der Waals surface area contributed by atoms with Crippen LogP contribution < -0.4 is 5.49 Å². The summed E-state index contributed by atoms with van der Waals surface area (Å²) in [4.78, 5) is 9.60. The van der Waals surface area contributed by atoms with Crippen molar-refractivity contribution in [1.82, 2.24) is 14.5 Å². The maximum Gasteiger partial charge on any atom is 0.136 e. The van der Waals surface area contributed by atoms with Gasteiger partial charge in [0.05, 0.1) is 11.7 Å². The van der Waals surface area contributed by atoms with Gasteiger partial charge in [-0.05, 0) is 31.9 Å². The number of nitrogens with zero attached hydrogens (tertiary/aromatic N) is 3. The average Bonchev–Trinajstić information content (AvgIpc) is 2.86. The van der Waals surface area contributed by atoms with Crippen molar-refractivity contribution in [3.05, 3.63) is 22.3 Å². The van der Waals surface area contributed by atoms with Crippen molar-refractivity contribution >= 4 is 21.6 Å². The number of aromatic nitrogens is 2. The highest BCUT2D eigenvalue weighted by atomic mass is 32.1. The molecule has 3 heterocycles. The van der Waals surface area contributed by atoms with E-state index in [1.807, 2.05) is 6.33 Å². The molecule has 0 radical (unpaired) electrons. The molecule has 5 heteroatoms. The van der Waals surface area contributed by atoms with Gasteiger partial charge in [-0.2, -0.15) is 0 Å². The number of likely N-dealkylation sites (N-methyl/N-ethyl adjacent to an activating group) is 1. The monoisotopic (exact) mass is 330 g/mol. The Bertz CT molecular complexity index is 752. The van der Waals surface area contributed by atoms with Crippen LogP contribution in [-0.2, 0) is 13.0 Å². The van der Waals surface area contributed by atoms with Crippen molar-refractivity contribution in [2.45, 2.75) is 64.0 Å². The molecule has 0 spiro atoms. The van der Waals surface area contributed by atoms with Crippen LogP contribution >= 0.6 is 11.3 Å². The molecular formula is C18H26N4S.